The monoisotopic (exact) mass is 384 g/mol. The summed E-state index contributed by atoms with van der Waals surface area (Å²) in [7, 11) is -0.921. The quantitative estimate of drug-likeness (QED) is 0.739. The topological polar surface area (TPSA) is 102 Å². The van der Waals surface area contributed by atoms with E-state index in [1.165, 1.54) is 36.7 Å². The van der Waals surface area contributed by atoms with Crippen molar-refractivity contribution in [2.45, 2.75) is 30.6 Å². The molecular formula is C17H24N2O6S. The van der Waals surface area contributed by atoms with Crippen LogP contribution in [0.5, 0.6) is 5.75 Å². The lowest BCUT2D eigenvalue weighted by atomic mass is 10.2. The number of ether oxygens (including phenoxy) is 2. The number of esters is 1. The van der Waals surface area contributed by atoms with Crippen LogP contribution in [0.3, 0.4) is 0 Å². The molecule has 8 nitrogen and oxygen atoms in total. The fourth-order valence-electron chi connectivity index (χ4n) is 2.72. The van der Waals surface area contributed by atoms with Gasteiger partial charge in [0, 0.05) is 20.1 Å². The van der Waals surface area contributed by atoms with Gasteiger partial charge < -0.3 is 14.8 Å². The van der Waals surface area contributed by atoms with E-state index in [1.54, 1.807) is 0 Å². The molecule has 0 saturated carbocycles. The van der Waals surface area contributed by atoms with Crippen LogP contribution in [-0.2, 0) is 19.6 Å². The summed E-state index contributed by atoms with van der Waals surface area (Å²) in [4.78, 5) is 23.5. The Morgan fingerprint density at radius 2 is 1.81 bits per heavy atom. The number of rotatable bonds is 6. The first-order valence-corrected chi connectivity index (χ1v) is 9.90. The Bertz CT molecular complexity index is 755. The molecule has 0 bridgehead atoms. The molecule has 0 aliphatic carbocycles. The van der Waals surface area contributed by atoms with Gasteiger partial charge in [-0.3, -0.25) is 4.79 Å². The maximum Gasteiger partial charge on any atom is 0.342 e. The number of hydrogen-bond acceptors (Lipinski definition) is 6. The van der Waals surface area contributed by atoms with Crippen LogP contribution in [0.1, 0.15) is 36.0 Å². The average molecular weight is 384 g/mol. The number of hydrogen-bond donors (Lipinski definition) is 1. The van der Waals surface area contributed by atoms with Crippen molar-refractivity contribution in [2.24, 2.45) is 0 Å². The Morgan fingerprint density at radius 3 is 2.38 bits per heavy atom. The van der Waals surface area contributed by atoms with E-state index in [2.05, 4.69) is 5.32 Å². The SMILES string of the molecule is CNC(=O)COC(=O)c1cc(S(=O)(=O)N2CCCCCC2)ccc1OC. The fraction of sp³-hybridized carbons (Fsp3) is 0.529. The predicted octanol–water partition coefficient (Wildman–Crippen LogP) is 1.16. The smallest absolute Gasteiger partial charge is 0.342 e. The number of sulfonamides is 1. The Hall–Kier alpha value is -2.13. The highest BCUT2D eigenvalue weighted by molar-refractivity contribution is 7.89. The summed E-state index contributed by atoms with van der Waals surface area (Å²) < 4.78 is 37.3. The molecule has 144 valence electrons. The number of benzene rings is 1. The summed E-state index contributed by atoms with van der Waals surface area (Å²) in [5.74, 6) is -1.11. The van der Waals surface area contributed by atoms with E-state index in [4.69, 9.17) is 9.47 Å². The molecule has 0 spiro atoms. The first-order chi connectivity index (χ1) is 12.4. The van der Waals surface area contributed by atoms with E-state index in [-0.39, 0.29) is 16.2 Å². The van der Waals surface area contributed by atoms with Crippen molar-refractivity contribution >= 4 is 21.9 Å². The number of methoxy groups -OCH3 is 1. The lowest BCUT2D eigenvalue weighted by molar-refractivity contribution is -0.123. The van der Waals surface area contributed by atoms with E-state index in [0.29, 0.717) is 13.1 Å². The molecular weight excluding hydrogens is 360 g/mol. The maximum atomic E-state index is 12.9. The zero-order chi connectivity index (χ0) is 19.2. The van der Waals surface area contributed by atoms with Gasteiger partial charge in [0.1, 0.15) is 11.3 Å². The molecule has 2 rings (SSSR count). The van der Waals surface area contributed by atoms with Gasteiger partial charge in [-0.15, -0.1) is 0 Å². The highest BCUT2D eigenvalue weighted by atomic mass is 32.2. The molecule has 0 aromatic heterocycles. The Morgan fingerprint density at radius 1 is 1.15 bits per heavy atom. The van der Waals surface area contributed by atoms with Gasteiger partial charge in [-0.25, -0.2) is 13.2 Å². The van der Waals surface area contributed by atoms with Gasteiger partial charge >= 0.3 is 5.97 Å². The van der Waals surface area contributed by atoms with Gasteiger partial charge in [0.25, 0.3) is 5.91 Å². The summed E-state index contributed by atoms with van der Waals surface area (Å²) in [6, 6.07) is 4.07. The minimum atomic E-state index is -3.71. The van der Waals surface area contributed by atoms with Gasteiger partial charge in [0.15, 0.2) is 6.61 Å². The standard InChI is InChI=1S/C17H24N2O6S/c1-18-16(20)12-25-17(21)14-11-13(7-8-15(14)24-2)26(22,23)19-9-5-3-4-6-10-19/h7-8,11H,3-6,9-10,12H2,1-2H3,(H,18,20). The number of amides is 1. The van der Waals surface area contributed by atoms with Crippen molar-refractivity contribution in [3.8, 4) is 5.75 Å². The van der Waals surface area contributed by atoms with Gasteiger partial charge in [-0.05, 0) is 31.0 Å². The molecule has 1 aliphatic rings. The highest BCUT2D eigenvalue weighted by Gasteiger charge is 2.27. The Labute approximate surface area is 153 Å². The maximum absolute atomic E-state index is 12.9. The third-order valence-corrected chi connectivity index (χ3v) is 6.10. The van der Waals surface area contributed by atoms with Gasteiger partial charge in [0.05, 0.1) is 12.0 Å². The zero-order valence-corrected chi connectivity index (χ0v) is 15.8. The zero-order valence-electron chi connectivity index (χ0n) is 15.0. The third kappa shape index (κ3) is 4.73. The van der Waals surface area contributed by atoms with Crippen LogP contribution < -0.4 is 10.1 Å². The normalized spacial score (nSPS) is 15.8. The molecule has 0 atom stereocenters. The summed E-state index contributed by atoms with van der Waals surface area (Å²) >= 11 is 0. The second-order valence-electron chi connectivity index (χ2n) is 5.93. The van der Waals surface area contributed by atoms with Crippen molar-refractivity contribution in [3.05, 3.63) is 23.8 Å². The van der Waals surface area contributed by atoms with Gasteiger partial charge in [0.2, 0.25) is 10.0 Å². The fourth-order valence-corrected chi connectivity index (χ4v) is 4.26. The number of carbonyl (C=O) groups excluding carboxylic acids is 2. The Balaban J connectivity index is 2.30. The van der Waals surface area contributed by atoms with E-state index in [1.807, 2.05) is 0 Å². The van der Waals surface area contributed by atoms with Crippen LogP contribution in [0, 0.1) is 0 Å². The van der Waals surface area contributed by atoms with Crippen LogP contribution in [-0.4, -0.2) is 58.5 Å². The lowest BCUT2D eigenvalue weighted by Crippen LogP contribution is -2.32. The van der Waals surface area contributed by atoms with Crippen molar-refractivity contribution < 1.29 is 27.5 Å². The molecule has 26 heavy (non-hydrogen) atoms. The molecule has 0 unspecified atom stereocenters. The lowest BCUT2D eigenvalue weighted by Gasteiger charge is -2.20. The molecule has 0 radical (unpaired) electrons. The molecule has 9 heteroatoms. The van der Waals surface area contributed by atoms with Crippen LogP contribution in [0.15, 0.2) is 23.1 Å². The highest BCUT2D eigenvalue weighted by Crippen LogP contribution is 2.26. The third-order valence-electron chi connectivity index (χ3n) is 4.21. The predicted molar refractivity (Wildman–Crippen MR) is 94.6 cm³/mol. The van der Waals surface area contributed by atoms with Gasteiger partial charge in [-0.1, -0.05) is 12.8 Å². The van der Waals surface area contributed by atoms with E-state index in [9.17, 15) is 18.0 Å². The van der Waals surface area contributed by atoms with Crippen LogP contribution in [0.4, 0.5) is 0 Å². The average Bonchev–Trinajstić information content (AvgIpc) is 2.95. The number of nitrogens with one attached hydrogen (secondary N) is 1. The minimum absolute atomic E-state index is 0.00657. The number of carbonyl (C=O) groups is 2. The molecule has 1 amide bonds. The minimum Gasteiger partial charge on any atom is -0.496 e. The molecule has 1 N–H and O–H groups in total. The van der Waals surface area contributed by atoms with Gasteiger partial charge in [-0.2, -0.15) is 4.31 Å². The second-order valence-corrected chi connectivity index (χ2v) is 7.87. The summed E-state index contributed by atoms with van der Waals surface area (Å²) in [5, 5.41) is 2.33. The van der Waals surface area contributed by atoms with Crippen molar-refractivity contribution in [1.29, 1.82) is 0 Å². The summed E-state index contributed by atoms with van der Waals surface area (Å²) in [6.07, 6.45) is 3.64. The molecule has 1 heterocycles. The first-order valence-electron chi connectivity index (χ1n) is 8.46. The van der Waals surface area contributed by atoms with Crippen LogP contribution >= 0.6 is 0 Å². The molecule has 1 saturated heterocycles. The summed E-state index contributed by atoms with van der Waals surface area (Å²) in [6.45, 7) is 0.469. The molecule has 1 fully saturated rings. The largest absolute Gasteiger partial charge is 0.496 e. The van der Waals surface area contributed by atoms with Crippen molar-refractivity contribution in [2.75, 3.05) is 33.9 Å². The van der Waals surface area contributed by atoms with Crippen LogP contribution in [0.25, 0.3) is 0 Å². The Kier molecular flexibility index (Phi) is 6.98. The van der Waals surface area contributed by atoms with Crippen molar-refractivity contribution in [1.82, 2.24) is 9.62 Å². The van der Waals surface area contributed by atoms with Crippen molar-refractivity contribution in [3.63, 3.8) is 0 Å². The number of nitrogens with zero attached hydrogens (tertiary/aromatic N) is 1. The van der Waals surface area contributed by atoms with E-state index in [0.717, 1.165) is 25.7 Å². The van der Waals surface area contributed by atoms with E-state index < -0.39 is 28.5 Å². The van der Waals surface area contributed by atoms with Crippen LogP contribution in [0.2, 0.25) is 0 Å². The summed E-state index contributed by atoms with van der Waals surface area (Å²) in [5.41, 5.74) is -0.0349. The van der Waals surface area contributed by atoms with E-state index >= 15 is 0 Å². The molecule has 1 aromatic carbocycles. The first kappa shape index (κ1) is 20.2. The molecule has 1 aromatic rings. The number of likely N-dealkylation sites (N-methyl/N-ethyl adjacent to an activating group) is 1. The second kappa shape index (κ2) is 9.00. The molecule has 1 aliphatic heterocycles.